The summed E-state index contributed by atoms with van der Waals surface area (Å²) in [5.74, 6) is 1.76. The van der Waals surface area contributed by atoms with E-state index in [2.05, 4.69) is 45.0 Å². The van der Waals surface area contributed by atoms with E-state index in [1.54, 1.807) is 13.2 Å². The van der Waals surface area contributed by atoms with Gasteiger partial charge in [-0.15, -0.1) is 0 Å². The summed E-state index contributed by atoms with van der Waals surface area (Å²) in [5.41, 5.74) is 4.25. The highest BCUT2D eigenvalue weighted by Crippen LogP contribution is 2.36. The minimum absolute atomic E-state index is 0.304. The van der Waals surface area contributed by atoms with Crippen LogP contribution in [0.4, 0.5) is 0 Å². The summed E-state index contributed by atoms with van der Waals surface area (Å²) in [6, 6.07) is 12.2. The average Bonchev–Trinajstić information content (AvgIpc) is 2.56. The fraction of sp³-hybridized carbons (Fsp3) is 0.409. The zero-order valence-corrected chi connectivity index (χ0v) is 15.1. The first-order chi connectivity index (χ1) is 11.5. The number of hydrogen-bond donors (Lipinski definition) is 1. The first-order valence-corrected chi connectivity index (χ1v) is 8.80. The van der Waals surface area contributed by atoms with Crippen molar-refractivity contribution in [2.45, 2.75) is 46.0 Å². The number of phenols is 1. The van der Waals surface area contributed by atoms with E-state index in [-0.39, 0.29) is 0 Å². The molecule has 0 unspecified atom stereocenters. The van der Waals surface area contributed by atoms with Crippen molar-refractivity contribution in [1.29, 1.82) is 0 Å². The molecule has 0 atom stereocenters. The van der Waals surface area contributed by atoms with E-state index in [4.69, 9.17) is 4.74 Å². The van der Waals surface area contributed by atoms with Crippen molar-refractivity contribution < 1.29 is 9.84 Å². The molecule has 1 radical (unpaired) electrons. The van der Waals surface area contributed by atoms with Crippen LogP contribution in [0.25, 0.3) is 0 Å². The van der Waals surface area contributed by atoms with Crippen LogP contribution in [0, 0.1) is 12.8 Å². The lowest BCUT2D eigenvalue weighted by Crippen LogP contribution is -2.03. The molecule has 2 rings (SSSR count). The monoisotopic (exact) mass is 325 g/mol. The van der Waals surface area contributed by atoms with Gasteiger partial charge in [-0.05, 0) is 67.7 Å². The fourth-order valence-electron chi connectivity index (χ4n) is 3.09. The third kappa shape index (κ3) is 4.77. The lowest BCUT2D eigenvalue weighted by atomic mass is 9.93. The Labute approximate surface area is 146 Å². The van der Waals surface area contributed by atoms with Gasteiger partial charge in [0.15, 0.2) is 0 Å². The quantitative estimate of drug-likeness (QED) is 0.709. The van der Waals surface area contributed by atoms with Crippen LogP contribution >= 0.6 is 0 Å². The summed E-state index contributed by atoms with van der Waals surface area (Å²) in [5, 5.41) is 10.4. The second-order valence-corrected chi connectivity index (χ2v) is 6.82. The molecule has 2 nitrogen and oxygen atoms in total. The first-order valence-electron chi connectivity index (χ1n) is 8.80. The number of methoxy groups -OCH3 is 1. The molecular weight excluding hydrogens is 296 g/mol. The number of aryl methyl sites for hydroxylation is 1. The van der Waals surface area contributed by atoms with E-state index >= 15 is 0 Å². The molecule has 0 fully saturated rings. The van der Waals surface area contributed by atoms with Gasteiger partial charge in [-0.25, -0.2) is 0 Å². The molecule has 0 saturated carbocycles. The van der Waals surface area contributed by atoms with E-state index in [9.17, 15) is 5.11 Å². The third-order valence-corrected chi connectivity index (χ3v) is 4.47. The highest BCUT2D eigenvalue weighted by molar-refractivity contribution is 5.55. The van der Waals surface area contributed by atoms with Crippen LogP contribution in [0.15, 0.2) is 36.4 Å². The number of hydrogen-bond acceptors (Lipinski definition) is 2. The average molecular weight is 325 g/mol. The molecule has 0 aliphatic carbocycles. The Hall–Kier alpha value is -1.96. The van der Waals surface area contributed by atoms with Crippen molar-refractivity contribution in [2.75, 3.05) is 7.11 Å². The van der Waals surface area contributed by atoms with Crippen molar-refractivity contribution in [3.8, 4) is 11.5 Å². The van der Waals surface area contributed by atoms with Gasteiger partial charge < -0.3 is 9.84 Å². The van der Waals surface area contributed by atoms with E-state index in [0.29, 0.717) is 11.7 Å². The van der Waals surface area contributed by atoms with Gasteiger partial charge in [0.1, 0.15) is 11.5 Å². The van der Waals surface area contributed by atoms with Gasteiger partial charge in [0, 0.05) is 5.56 Å². The predicted molar refractivity (Wildman–Crippen MR) is 101 cm³/mol. The third-order valence-electron chi connectivity index (χ3n) is 4.47. The summed E-state index contributed by atoms with van der Waals surface area (Å²) >= 11 is 0. The number of rotatable bonds is 8. The van der Waals surface area contributed by atoms with E-state index in [0.717, 1.165) is 54.5 Å². The topological polar surface area (TPSA) is 29.5 Å². The maximum atomic E-state index is 10.4. The molecule has 129 valence electrons. The number of ether oxygens (including phenoxy) is 1. The molecule has 2 aromatic carbocycles. The second kappa shape index (κ2) is 8.77. The Bertz CT molecular complexity index is 645. The highest BCUT2D eigenvalue weighted by atomic mass is 16.5. The standard InChI is InChI=1S/C22H29O2/c1-16(2)13-14-19-17(3)15-21(23)20(22(19)24-4)12-8-11-18-9-6-5-7-10-18/h5-7,9-10,15-16,23H,3,8,11-14H2,1-2,4H3. The molecule has 0 spiro atoms. The summed E-state index contributed by atoms with van der Waals surface area (Å²) < 4.78 is 5.67. The van der Waals surface area contributed by atoms with Crippen LogP contribution in [0.2, 0.25) is 0 Å². The Balaban J connectivity index is 2.16. The lowest BCUT2D eigenvalue weighted by molar-refractivity contribution is 0.391. The zero-order chi connectivity index (χ0) is 17.5. The molecule has 0 bridgehead atoms. The number of aromatic hydroxyl groups is 1. The maximum absolute atomic E-state index is 10.4. The molecular formula is C22H29O2. The first kappa shape index (κ1) is 18.4. The molecule has 2 heteroatoms. The normalized spacial score (nSPS) is 11.0. The van der Waals surface area contributed by atoms with Crippen molar-refractivity contribution in [2.24, 2.45) is 5.92 Å². The van der Waals surface area contributed by atoms with Crippen molar-refractivity contribution in [3.63, 3.8) is 0 Å². The molecule has 24 heavy (non-hydrogen) atoms. The van der Waals surface area contributed by atoms with Crippen molar-refractivity contribution >= 4 is 0 Å². The number of phenolic OH excluding ortho intramolecular Hbond substituents is 1. The molecule has 0 saturated heterocycles. The van der Waals surface area contributed by atoms with Gasteiger partial charge in [0.2, 0.25) is 0 Å². The summed E-state index contributed by atoms with van der Waals surface area (Å²) in [6.45, 7) is 8.53. The Morgan fingerprint density at radius 3 is 2.38 bits per heavy atom. The second-order valence-electron chi connectivity index (χ2n) is 6.82. The van der Waals surface area contributed by atoms with Gasteiger partial charge in [0.05, 0.1) is 7.11 Å². The van der Waals surface area contributed by atoms with Gasteiger partial charge in [-0.2, -0.15) is 0 Å². The summed E-state index contributed by atoms with van der Waals surface area (Å²) in [7, 11) is 1.69. The lowest BCUT2D eigenvalue weighted by Gasteiger charge is -2.18. The molecule has 0 aromatic heterocycles. The van der Waals surface area contributed by atoms with Gasteiger partial charge in [-0.3, -0.25) is 0 Å². The summed E-state index contributed by atoms with van der Waals surface area (Å²) in [6.07, 6.45) is 4.81. The largest absolute Gasteiger partial charge is 0.508 e. The highest BCUT2D eigenvalue weighted by Gasteiger charge is 2.17. The molecule has 0 aliphatic rings. The molecule has 0 amide bonds. The number of benzene rings is 2. The van der Waals surface area contributed by atoms with E-state index < -0.39 is 0 Å². The zero-order valence-electron chi connectivity index (χ0n) is 15.1. The van der Waals surface area contributed by atoms with Crippen LogP contribution in [0.3, 0.4) is 0 Å². The Morgan fingerprint density at radius 2 is 1.75 bits per heavy atom. The predicted octanol–water partition coefficient (Wildman–Crippen LogP) is 5.35. The molecule has 0 heterocycles. The Morgan fingerprint density at radius 1 is 1.04 bits per heavy atom. The van der Waals surface area contributed by atoms with Gasteiger partial charge >= 0.3 is 0 Å². The van der Waals surface area contributed by atoms with Crippen LogP contribution in [-0.4, -0.2) is 12.2 Å². The molecule has 2 aromatic rings. The van der Waals surface area contributed by atoms with Crippen molar-refractivity contribution in [3.05, 3.63) is 65.6 Å². The minimum Gasteiger partial charge on any atom is -0.508 e. The Kier molecular flexibility index (Phi) is 6.72. The van der Waals surface area contributed by atoms with Crippen LogP contribution in [0.1, 0.15) is 48.9 Å². The molecule has 1 N–H and O–H groups in total. The van der Waals surface area contributed by atoms with Gasteiger partial charge in [0.25, 0.3) is 0 Å². The minimum atomic E-state index is 0.304. The maximum Gasteiger partial charge on any atom is 0.129 e. The van der Waals surface area contributed by atoms with E-state index in [1.165, 1.54) is 5.56 Å². The molecule has 0 aliphatic heterocycles. The van der Waals surface area contributed by atoms with Crippen molar-refractivity contribution in [1.82, 2.24) is 0 Å². The fourth-order valence-corrected chi connectivity index (χ4v) is 3.09. The van der Waals surface area contributed by atoms with Crippen LogP contribution < -0.4 is 4.74 Å². The smallest absolute Gasteiger partial charge is 0.129 e. The van der Waals surface area contributed by atoms with Crippen LogP contribution in [-0.2, 0) is 19.3 Å². The van der Waals surface area contributed by atoms with E-state index in [1.807, 2.05) is 6.07 Å². The SMILES string of the molecule is [CH2]c1cc(O)c(CCCc2ccccc2)c(OC)c1CCC(C)C. The summed E-state index contributed by atoms with van der Waals surface area (Å²) in [4.78, 5) is 0. The van der Waals surface area contributed by atoms with Crippen LogP contribution in [0.5, 0.6) is 11.5 Å². The van der Waals surface area contributed by atoms with Gasteiger partial charge in [-0.1, -0.05) is 44.2 Å².